The van der Waals surface area contributed by atoms with Gasteiger partial charge < -0.3 is 10.6 Å². The third-order valence-corrected chi connectivity index (χ3v) is 3.57. The molecule has 0 radical (unpaired) electrons. The zero-order valence-corrected chi connectivity index (χ0v) is 12.2. The van der Waals surface area contributed by atoms with E-state index in [-0.39, 0.29) is 0 Å². The highest BCUT2D eigenvalue weighted by Gasteiger charge is 2.06. The minimum Gasteiger partial charge on any atom is -0.399 e. The number of rotatable bonds is 7. The van der Waals surface area contributed by atoms with E-state index in [0.29, 0.717) is 6.54 Å². The van der Waals surface area contributed by atoms with Crippen molar-refractivity contribution in [3.8, 4) is 0 Å². The van der Waals surface area contributed by atoms with E-state index in [1.54, 1.807) is 6.26 Å². The Hall–Kier alpha value is -1.07. The van der Waals surface area contributed by atoms with Crippen molar-refractivity contribution in [2.45, 2.75) is 20.3 Å². The van der Waals surface area contributed by atoms with Crippen LogP contribution >= 0.6 is 0 Å². The highest BCUT2D eigenvalue weighted by atomic mass is 32.2. The Kier molecular flexibility index (Phi) is 6.15. The van der Waals surface area contributed by atoms with Crippen LogP contribution in [0.3, 0.4) is 0 Å². The number of nitrogens with zero attached hydrogens (tertiary/aromatic N) is 1. The molecule has 102 valence electrons. The number of benzene rings is 1. The van der Waals surface area contributed by atoms with Crippen LogP contribution in [0.4, 0.5) is 11.4 Å². The predicted octanol–water partition coefficient (Wildman–Crippen LogP) is 1.54. The summed E-state index contributed by atoms with van der Waals surface area (Å²) in [5.41, 5.74) is 9.07. The van der Waals surface area contributed by atoms with Gasteiger partial charge in [0.2, 0.25) is 0 Å². The zero-order chi connectivity index (χ0) is 13.5. The van der Waals surface area contributed by atoms with Crippen LogP contribution in [-0.2, 0) is 17.4 Å². The number of nitrogens with two attached hydrogens (primary N) is 1. The van der Waals surface area contributed by atoms with E-state index in [2.05, 4.69) is 35.6 Å². The Bertz CT molecular complexity index is 405. The SMILES string of the molecule is CCN(CC)c1ccc(N)c(CCNS(C)=O)c1. The van der Waals surface area contributed by atoms with Crippen molar-refractivity contribution < 1.29 is 4.21 Å². The first-order valence-corrected chi connectivity index (χ1v) is 7.84. The summed E-state index contributed by atoms with van der Waals surface area (Å²) < 4.78 is 13.8. The highest BCUT2D eigenvalue weighted by molar-refractivity contribution is 7.82. The average Bonchev–Trinajstić information content (AvgIpc) is 2.34. The van der Waals surface area contributed by atoms with Crippen LogP contribution in [0.2, 0.25) is 0 Å². The molecular weight excluding hydrogens is 246 g/mol. The second-order valence-corrected chi connectivity index (χ2v) is 5.35. The molecule has 1 atom stereocenters. The lowest BCUT2D eigenvalue weighted by atomic mass is 10.1. The molecule has 0 fully saturated rings. The molecule has 1 aromatic carbocycles. The number of anilines is 2. The van der Waals surface area contributed by atoms with Gasteiger partial charge in [0.05, 0.1) is 11.0 Å². The molecule has 3 N–H and O–H groups in total. The molecule has 4 nitrogen and oxygen atoms in total. The summed E-state index contributed by atoms with van der Waals surface area (Å²) in [7, 11) is -0.964. The van der Waals surface area contributed by atoms with Gasteiger partial charge in [-0.05, 0) is 44.0 Å². The molecule has 0 heterocycles. The molecule has 0 spiro atoms. The Morgan fingerprint density at radius 1 is 1.33 bits per heavy atom. The lowest BCUT2D eigenvalue weighted by Gasteiger charge is -2.22. The Balaban J connectivity index is 2.77. The smallest absolute Gasteiger partial charge is 0.0883 e. The molecule has 0 aliphatic carbocycles. The lowest BCUT2D eigenvalue weighted by molar-refractivity contribution is 0.676. The number of nitrogens with one attached hydrogen (secondary N) is 1. The number of hydrogen-bond donors (Lipinski definition) is 2. The van der Waals surface area contributed by atoms with Crippen LogP contribution in [-0.4, -0.2) is 30.1 Å². The van der Waals surface area contributed by atoms with Gasteiger partial charge >= 0.3 is 0 Å². The molecular formula is C13H23N3OS. The van der Waals surface area contributed by atoms with Crippen LogP contribution < -0.4 is 15.4 Å². The second kappa shape index (κ2) is 7.38. The van der Waals surface area contributed by atoms with Gasteiger partial charge in [-0.2, -0.15) is 0 Å². The van der Waals surface area contributed by atoms with Gasteiger partial charge in [-0.25, -0.2) is 8.93 Å². The maximum absolute atomic E-state index is 10.9. The first-order valence-electron chi connectivity index (χ1n) is 6.28. The van der Waals surface area contributed by atoms with Crippen molar-refractivity contribution in [2.75, 3.05) is 36.5 Å². The Morgan fingerprint density at radius 2 is 2.00 bits per heavy atom. The molecule has 1 rings (SSSR count). The van der Waals surface area contributed by atoms with Crippen LogP contribution in [0, 0.1) is 0 Å². The van der Waals surface area contributed by atoms with Crippen LogP contribution in [0.25, 0.3) is 0 Å². The van der Waals surface area contributed by atoms with Crippen LogP contribution in [0.15, 0.2) is 18.2 Å². The summed E-state index contributed by atoms with van der Waals surface area (Å²) in [5.74, 6) is 0. The Morgan fingerprint density at radius 3 is 2.56 bits per heavy atom. The molecule has 18 heavy (non-hydrogen) atoms. The summed E-state index contributed by atoms with van der Waals surface area (Å²) >= 11 is 0. The van der Waals surface area contributed by atoms with Gasteiger partial charge in [-0.3, -0.25) is 0 Å². The van der Waals surface area contributed by atoms with Crippen LogP contribution in [0.1, 0.15) is 19.4 Å². The summed E-state index contributed by atoms with van der Waals surface area (Å²) in [5, 5.41) is 0. The molecule has 0 aliphatic rings. The maximum atomic E-state index is 10.9. The van der Waals surface area contributed by atoms with E-state index in [0.717, 1.165) is 30.8 Å². The highest BCUT2D eigenvalue weighted by Crippen LogP contribution is 2.21. The van der Waals surface area contributed by atoms with E-state index in [4.69, 9.17) is 5.73 Å². The zero-order valence-electron chi connectivity index (χ0n) is 11.4. The molecule has 5 heteroatoms. The fourth-order valence-corrected chi connectivity index (χ4v) is 2.31. The summed E-state index contributed by atoms with van der Waals surface area (Å²) in [6, 6.07) is 6.13. The predicted molar refractivity (Wildman–Crippen MR) is 80.2 cm³/mol. The van der Waals surface area contributed by atoms with E-state index in [1.165, 1.54) is 5.69 Å². The molecule has 0 aliphatic heterocycles. The molecule has 1 unspecified atom stereocenters. The Labute approximate surface area is 112 Å². The van der Waals surface area contributed by atoms with Gasteiger partial charge in [0.25, 0.3) is 0 Å². The van der Waals surface area contributed by atoms with Crippen molar-refractivity contribution in [3.63, 3.8) is 0 Å². The monoisotopic (exact) mass is 269 g/mol. The van der Waals surface area contributed by atoms with Crippen molar-refractivity contribution in [1.82, 2.24) is 4.72 Å². The molecule has 0 bridgehead atoms. The largest absolute Gasteiger partial charge is 0.399 e. The summed E-state index contributed by atoms with van der Waals surface area (Å²) in [6.45, 7) is 6.92. The van der Waals surface area contributed by atoms with Crippen molar-refractivity contribution >= 4 is 22.4 Å². The van der Waals surface area contributed by atoms with Crippen molar-refractivity contribution in [3.05, 3.63) is 23.8 Å². The average molecular weight is 269 g/mol. The number of hydrogen-bond acceptors (Lipinski definition) is 3. The quantitative estimate of drug-likeness (QED) is 0.738. The summed E-state index contributed by atoms with van der Waals surface area (Å²) in [4.78, 5) is 2.29. The molecule has 0 amide bonds. The van der Waals surface area contributed by atoms with Gasteiger partial charge in [-0.1, -0.05) is 0 Å². The van der Waals surface area contributed by atoms with E-state index < -0.39 is 11.0 Å². The standard InChI is InChI=1S/C13H23N3OS/c1-4-16(5-2)12-6-7-13(14)11(10-12)8-9-15-18(3)17/h6-7,10,15H,4-5,8-9,14H2,1-3H3. The summed E-state index contributed by atoms with van der Waals surface area (Å²) in [6.07, 6.45) is 2.43. The first-order chi connectivity index (χ1) is 8.58. The second-order valence-electron chi connectivity index (χ2n) is 4.15. The minimum atomic E-state index is -0.964. The number of nitrogen functional groups attached to an aromatic ring is 1. The van der Waals surface area contributed by atoms with Gasteiger partial charge in [-0.15, -0.1) is 0 Å². The fraction of sp³-hybridized carbons (Fsp3) is 0.538. The van der Waals surface area contributed by atoms with Crippen molar-refractivity contribution in [1.29, 1.82) is 0 Å². The van der Waals surface area contributed by atoms with E-state index >= 15 is 0 Å². The molecule has 0 saturated carbocycles. The minimum absolute atomic E-state index is 0.676. The van der Waals surface area contributed by atoms with E-state index in [9.17, 15) is 4.21 Å². The van der Waals surface area contributed by atoms with Crippen molar-refractivity contribution in [2.24, 2.45) is 0 Å². The molecule has 1 aromatic rings. The maximum Gasteiger partial charge on any atom is 0.0883 e. The third-order valence-electron chi connectivity index (χ3n) is 2.95. The van der Waals surface area contributed by atoms with Gasteiger partial charge in [0.15, 0.2) is 0 Å². The normalized spacial score (nSPS) is 12.4. The van der Waals surface area contributed by atoms with Gasteiger partial charge in [0, 0.05) is 37.3 Å². The fourth-order valence-electron chi connectivity index (χ4n) is 1.92. The van der Waals surface area contributed by atoms with E-state index in [1.807, 2.05) is 6.07 Å². The van der Waals surface area contributed by atoms with Gasteiger partial charge in [0.1, 0.15) is 0 Å². The first kappa shape index (κ1) is 15.0. The van der Waals surface area contributed by atoms with Crippen LogP contribution in [0.5, 0.6) is 0 Å². The third kappa shape index (κ3) is 4.31. The lowest BCUT2D eigenvalue weighted by Crippen LogP contribution is -2.22. The topological polar surface area (TPSA) is 58.4 Å². The molecule has 0 aromatic heterocycles. The molecule has 0 saturated heterocycles.